The molecule has 0 N–H and O–H groups in total. The number of rotatable bonds is 3. The second-order valence-corrected chi connectivity index (χ2v) is 4.22. The molecule has 0 atom stereocenters. The van der Waals surface area contributed by atoms with Crippen molar-refractivity contribution in [1.29, 1.82) is 0 Å². The summed E-state index contributed by atoms with van der Waals surface area (Å²) in [4.78, 5) is 8.17. The SMILES string of the molecule is ClCc1cnc(Oc2cccc(Br)c2)cn1. The maximum Gasteiger partial charge on any atom is 0.237 e. The third kappa shape index (κ3) is 2.93. The Morgan fingerprint density at radius 1 is 1.25 bits per heavy atom. The molecular weight excluding hydrogens is 291 g/mol. The normalized spacial score (nSPS) is 10.1. The van der Waals surface area contributed by atoms with Gasteiger partial charge >= 0.3 is 0 Å². The van der Waals surface area contributed by atoms with Gasteiger partial charge in [-0.05, 0) is 18.2 Å². The standard InChI is InChI=1S/C11H8BrClN2O/c12-8-2-1-3-10(4-8)16-11-7-14-9(5-13)6-15-11/h1-4,6-7H,5H2. The highest BCUT2D eigenvalue weighted by atomic mass is 79.9. The number of halogens is 2. The summed E-state index contributed by atoms with van der Waals surface area (Å²) < 4.78 is 6.47. The summed E-state index contributed by atoms with van der Waals surface area (Å²) in [6.07, 6.45) is 3.15. The van der Waals surface area contributed by atoms with Crippen LogP contribution in [0.4, 0.5) is 0 Å². The van der Waals surface area contributed by atoms with E-state index < -0.39 is 0 Å². The number of hydrogen-bond acceptors (Lipinski definition) is 3. The maximum absolute atomic E-state index is 5.61. The van der Waals surface area contributed by atoms with Gasteiger partial charge in [-0.2, -0.15) is 0 Å². The lowest BCUT2D eigenvalue weighted by Gasteiger charge is -2.04. The van der Waals surface area contributed by atoms with Crippen molar-refractivity contribution in [3.8, 4) is 11.6 Å². The fourth-order valence-corrected chi connectivity index (χ4v) is 1.63. The molecule has 2 rings (SSSR count). The van der Waals surface area contributed by atoms with Crippen LogP contribution < -0.4 is 4.74 Å². The first-order valence-electron chi connectivity index (χ1n) is 4.58. The maximum atomic E-state index is 5.61. The molecule has 0 aliphatic rings. The van der Waals surface area contributed by atoms with Crippen LogP contribution in [0.25, 0.3) is 0 Å². The fourth-order valence-electron chi connectivity index (χ4n) is 1.12. The minimum Gasteiger partial charge on any atom is -0.437 e. The predicted molar refractivity (Wildman–Crippen MR) is 65.8 cm³/mol. The molecule has 0 aliphatic heterocycles. The van der Waals surface area contributed by atoms with E-state index in [-0.39, 0.29) is 0 Å². The fraction of sp³-hybridized carbons (Fsp3) is 0.0909. The second kappa shape index (κ2) is 5.27. The number of benzene rings is 1. The minimum atomic E-state index is 0.351. The Balaban J connectivity index is 2.14. The molecule has 82 valence electrons. The van der Waals surface area contributed by atoms with E-state index in [1.54, 1.807) is 12.4 Å². The summed E-state index contributed by atoms with van der Waals surface area (Å²) >= 11 is 8.98. The quantitative estimate of drug-likeness (QED) is 0.809. The Bertz CT molecular complexity index is 476. The summed E-state index contributed by atoms with van der Waals surface area (Å²) in [5.41, 5.74) is 0.725. The summed E-state index contributed by atoms with van der Waals surface area (Å²) in [6, 6.07) is 7.52. The van der Waals surface area contributed by atoms with E-state index in [1.165, 1.54) is 0 Å². The molecule has 0 spiro atoms. The first kappa shape index (κ1) is 11.4. The zero-order valence-corrected chi connectivity index (χ0v) is 10.6. The third-order valence-electron chi connectivity index (χ3n) is 1.84. The van der Waals surface area contributed by atoms with Gasteiger partial charge in [0.25, 0.3) is 0 Å². The number of ether oxygens (including phenoxy) is 1. The lowest BCUT2D eigenvalue weighted by molar-refractivity contribution is 0.459. The van der Waals surface area contributed by atoms with Crippen LogP contribution in [0, 0.1) is 0 Å². The highest BCUT2D eigenvalue weighted by molar-refractivity contribution is 9.10. The first-order valence-corrected chi connectivity index (χ1v) is 5.91. The molecule has 5 heteroatoms. The molecule has 3 nitrogen and oxygen atoms in total. The molecule has 0 radical (unpaired) electrons. The van der Waals surface area contributed by atoms with Gasteiger partial charge in [-0.1, -0.05) is 22.0 Å². The van der Waals surface area contributed by atoms with E-state index >= 15 is 0 Å². The monoisotopic (exact) mass is 298 g/mol. The molecule has 0 bridgehead atoms. The molecule has 16 heavy (non-hydrogen) atoms. The number of hydrogen-bond donors (Lipinski definition) is 0. The predicted octanol–water partition coefficient (Wildman–Crippen LogP) is 3.77. The van der Waals surface area contributed by atoms with E-state index in [0.717, 1.165) is 10.2 Å². The summed E-state index contributed by atoms with van der Waals surface area (Å²) in [6.45, 7) is 0. The van der Waals surface area contributed by atoms with Crippen molar-refractivity contribution >= 4 is 27.5 Å². The highest BCUT2D eigenvalue weighted by Crippen LogP contribution is 2.22. The molecule has 1 heterocycles. The first-order chi connectivity index (χ1) is 7.78. The van der Waals surface area contributed by atoms with E-state index in [1.807, 2.05) is 24.3 Å². The van der Waals surface area contributed by atoms with E-state index in [0.29, 0.717) is 17.5 Å². The summed E-state index contributed by atoms with van der Waals surface area (Å²) in [5, 5.41) is 0. The van der Waals surface area contributed by atoms with Crippen molar-refractivity contribution in [1.82, 2.24) is 9.97 Å². The third-order valence-corrected chi connectivity index (χ3v) is 2.60. The van der Waals surface area contributed by atoms with Gasteiger partial charge in [0.15, 0.2) is 0 Å². The van der Waals surface area contributed by atoms with Gasteiger partial charge in [-0.3, -0.25) is 4.98 Å². The summed E-state index contributed by atoms with van der Waals surface area (Å²) in [7, 11) is 0. The molecular formula is C11H8BrClN2O. The molecule has 0 amide bonds. The Hall–Kier alpha value is -1.13. The molecule has 0 aliphatic carbocycles. The zero-order valence-electron chi connectivity index (χ0n) is 8.23. The van der Waals surface area contributed by atoms with E-state index in [9.17, 15) is 0 Å². The molecule has 2 aromatic rings. The number of nitrogens with zero attached hydrogens (tertiary/aromatic N) is 2. The molecule has 1 aromatic heterocycles. The van der Waals surface area contributed by atoms with Crippen molar-refractivity contribution in [2.45, 2.75) is 5.88 Å². The van der Waals surface area contributed by atoms with Crippen LogP contribution in [-0.2, 0) is 5.88 Å². The van der Waals surface area contributed by atoms with Gasteiger partial charge in [-0.25, -0.2) is 4.98 Å². The van der Waals surface area contributed by atoms with Crippen molar-refractivity contribution in [2.75, 3.05) is 0 Å². The van der Waals surface area contributed by atoms with Crippen LogP contribution in [-0.4, -0.2) is 9.97 Å². The Morgan fingerprint density at radius 2 is 2.12 bits per heavy atom. The van der Waals surface area contributed by atoms with Gasteiger partial charge in [0.1, 0.15) is 5.75 Å². The molecule has 1 aromatic carbocycles. The Morgan fingerprint density at radius 3 is 2.75 bits per heavy atom. The van der Waals surface area contributed by atoms with Crippen LogP contribution in [0.1, 0.15) is 5.69 Å². The number of aromatic nitrogens is 2. The van der Waals surface area contributed by atoms with Crippen LogP contribution in [0.15, 0.2) is 41.1 Å². The smallest absolute Gasteiger partial charge is 0.237 e. The van der Waals surface area contributed by atoms with Crippen LogP contribution in [0.5, 0.6) is 11.6 Å². The molecule has 0 saturated heterocycles. The van der Waals surface area contributed by atoms with Crippen LogP contribution in [0.2, 0.25) is 0 Å². The number of alkyl halides is 1. The Kier molecular flexibility index (Phi) is 3.74. The second-order valence-electron chi connectivity index (χ2n) is 3.04. The van der Waals surface area contributed by atoms with Crippen molar-refractivity contribution in [3.63, 3.8) is 0 Å². The average molecular weight is 300 g/mol. The van der Waals surface area contributed by atoms with Crippen molar-refractivity contribution in [2.24, 2.45) is 0 Å². The lowest BCUT2D eigenvalue weighted by atomic mass is 10.3. The van der Waals surface area contributed by atoms with E-state index in [2.05, 4.69) is 25.9 Å². The zero-order chi connectivity index (χ0) is 11.4. The topological polar surface area (TPSA) is 35.0 Å². The summed E-state index contributed by atoms with van der Waals surface area (Å²) in [5.74, 6) is 1.51. The van der Waals surface area contributed by atoms with Crippen LogP contribution in [0.3, 0.4) is 0 Å². The molecule has 0 saturated carbocycles. The Labute approximate surface area is 107 Å². The molecule has 0 unspecified atom stereocenters. The lowest BCUT2D eigenvalue weighted by Crippen LogP contribution is -1.91. The average Bonchev–Trinajstić information content (AvgIpc) is 2.30. The van der Waals surface area contributed by atoms with Crippen molar-refractivity contribution < 1.29 is 4.74 Å². The van der Waals surface area contributed by atoms with Gasteiger partial charge in [0.05, 0.1) is 24.0 Å². The van der Waals surface area contributed by atoms with Gasteiger partial charge in [-0.15, -0.1) is 11.6 Å². The van der Waals surface area contributed by atoms with Crippen molar-refractivity contribution in [3.05, 3.63) is 46.8 Å². The largest absolute Gasteiger partial charge is 0.437 e. The van der Waals surface area contributed by atoms with Crippen LogP contribution >= 0.6 is 27.5 Å². The minimum absolute atomic E-state index is 0.351. The highest BCUT2D eigenvalue weighted by Gasteiger charge is 2.00. The van der Waals surface area contributed by atoms with Gasteiger partial charge < -0.3 is 4.74 Å². The van der Waals surface area contributed by atoms with E-state index in [4.69, 9.17) is 16.3 Å². The van der Waals surface area contributed by atoms with Gasteiger partial charge in [0, 0.05) is 4.47 Å². The van der Waals surface area contributed by atoms with Gasteiger partial charge in [0.2, 0.25) is 5.88 Å². The molecule has 0 fully saturated rings.